The number of anilines is 1. The van der Waals surface area contributed by atoms with E-state index in [9.17, 15) is 39.6 Å². The van der Waals surface area contributed by atoms with Gasteiger partial charge in [-0.1, -0.05) is 0 Å². The molecule has 2 amide bonds. The fourth-order valence-electron chi connectivity index (χ4n) is 6.24. The number of aliphatic hydroxyl groups excluding tert-OH is 2. The Morgan fingerprint density at radius 2 is 1.82 bits per heavy atom. The molecule has 13 nitrogen and oxygen atoms in total. The maximum Gasteiger partial charge on any atom is 0.407 e. The first-order valence-electron chi connectivity index (χ1n) is 12.8. The first-order chi connectivity index (χ1) is 18.7. The summed E-state index contributed by atoms with van der Waals surface area (Å²) in [4.78, 5) is 54.6. The minimum atomic E-state index is -2.71. The van der Waals surface area contributed by atoms with Crippen molar-refractivity contribution in [3.63, 3.8) is 0 Å². The molecule has 0 spiro atoms. The summed E-state index contributed by atoms with van der Waals surface area (Å²) in [6.07, 6.45) is -0.571. The summed E-state index contributed by atoms with van der Waals surface area (Å²) in [6, 6.07) is 0.574. The van der Waals surface area contributed by atoms with Crippen molar-refractivity contribution in [2.75, 3.05) is 39.7 Å². The minimum absolute atomic E-state index is 0.00838. The zero-order chi connectivity index (χ0) is 29.8. The number of aromatic hydroxyl groups is 1. The van der Waals surface area contributed by atoms with Crippen LogP contribution in [-0.2, 0) is 27.3 Å². The molecule has 13 heteroatoms. The summed E-state index contributed by atoms with van der Waals surface area (Å²) in [5, 5.41) is 47.7. The smallest absolute Gasteiger partial charge is 0.407 e. The van der Waals surface area contributed by atoms with Gasteiger partial charge in [0, 0.05) is 43.4 Å². The van der Waals surface area contributed by atoms with Gasteiger partial charge in [-0.15, -0.1) is 0 Å². The lowest BCUT2D eigenvalue weighted by atomic mass is 9.58. The molecule has 0 bridgehead atoms. The zero-order valence-electron chi connectivity index (χ0n) is 22.9. The molecule has 3 aliphatic rings. The second-order valence-electron chi connectivity index (χ2n) is 10.7. The van der Waals surface area contributed by atoms with Gasteiger partial charge in [0.1, 0.15) is 22.8 Å². The number of primary amides is 1. The van der Waals surface area contributed by atoms with E-state index in [1.54, 1.807) is 46.1 Å². The molecule has 7 N–H and O–H groups in total. The average molecular weight is 559 g/mol. The van der Waals surface area contributed by atoms with Crippen molar-refractivity contribution < 1.29 is 44.3 Å². The van der Waals surface area contributed by atoms with Crippen LogP contribution >= 0.6 is 0 Å². The lowest BCUT2D eigenvalue weighted by molar-refractivity contribution is -0.148. The molecular weight excluding hydrogens is 524 g/mol. The number of fused-ring (bicyclic) bond motifs is 3. The van der Waals surface area contributed by atoms with Crippen LogP contribution in [0.4, 0.5) is 10.5 Å². The van der Waals surface area contributed by atoms with E-state index in [1.807, 2.05) is 0 Å². The number of alkyl carbamates (subject to hydrolysis) is 1. The number of ketones is 2. The number of phenols is 1. The van der Waals surface area contributed by atoms with Crippen molar-refractivity contribution in [1.82, 2.24) is 10.2 Å². The van der Waals surface area contributed by atoms with Crippen LogP contribution in [0, 0.1) is 11.8 Å². The highest BCUT2D eigenvalue weighted by Crippen LogP contribution is 2.53. The molecule has 0 fully saturated rings. The Labute approximate surface area is 230 Å². The first kappa shape index (κ1) is 28.9. The third kappa shape index (κ3) is 4.16. The molecule has 0 aromatic heterocycles. The van der Waals surface area contributed by atoms with Crippen LogP contribution < -0.4 is 16.0 Å². The highest BCUT2D eigenvalue weighted by molar-refractivity contribution is 6.25. The quantitative estimate of drug-likeness (QED) is 0.264. The van der Waals surface area contributed by atoms with Gasteiger partial charge in [-0.25, -0.2) is 4.79 Å². The fourth-order valence-corrected chi connectivity index (χ4v) is 6.24. The van der Waals surface area contributed by atoms with Crippen LogP contribution in [0.2, 0.25) is 0 Å². The SMILES string of the molecule is CCOC(=O)NCc1cc(N(C)C)c2c(c1O)C(=O)C1=C(O)[C@@]3(O)C(=O)C(C(N)=O)=C(O)[C@H](N(C)C)[C@H]3C[C@H]1C2. The molecule has 0 radical (unpaired) electrons. The summed E-state index contributed by atoms with van der Waals surface area (Å²) < 4.78 is 4.86. The average Bonchev–Trinajstić information content (AvgIpc) is 2.85. The number of nitrogens with zero attached hydrogens (tertiary/aromatic N) is 2. The van der Waals surface area contributed by atoms with Crippen LogP contribution in [0.5, 0.6) is 5.75 Å². The van der Waals surface area contributed by atoms with Gasteiger partial charge in [0.25, 0.3) is 5.91 Å². The zero-order valence-corrected chi connectivity index (χ0v) is 22.9. The number of hydrogen-bond acceptors (Lipinski definition) is 11. The summed E-state index contributed by atoms with van der Waals surface area (Å²) in [5.41, 5.74) is 2.68. The van der Waals surface area contributed by atoms with Crippen molar-refractivity contribution in [1.29, 1.82) is 0 Å². The number of allylic oxidation sites excluding steroid dienone is 1. The van der Waals surface area contributed by atoms with Gasteiger partial charge in [-0.2, -0.15) is 0 Å². The third-order valence-corrected chi connectivity index (χ3v) is 7.96. The van der Waals surface area contributed by atoms with Crippen LogP contribution in [0.1, 0.15) is 34.8 Å². The summed E-state index contributed by atoms with van der Waals surface area (Å²) >= 11 is 0. The molecule has 0 aliphatic heterocycles. The van der Waals surface area contributed by atoms with E-state index in [-0.39, 0.29) is 42.7 Å². The van der Waals surface area contributed by atoms with Crippen molar-refractivity contribution in [3.8, 4) is 5.75 Å². The normalized spacial score (nSPS) is 25.8. The van der Waals surface area contributed by atoms with Gasteiger partial charge in [0.15, 0.2) is 11.4 Å². The van der Waals surface area contributed by atoms with Gasteiger partial charge in [0.05, 0.1) is 18.2 Å². The Balaban J connectivity index is 1.90. The first-order valence-corrected chi connectivity index (χ1v) is 12.8. The van der Waals surface area contributed by atoms with E-state index in [4.69, 9.17) is 10.5 Å². The highest BCUT2D eigenvalue weighted by Gasteiger charge is 2.63. The number of carbonyl (C=O) groups excluding carboxylic acids is 4. The van der Waals surface area contributed by atoms with Gasteiger partial charge >= 0.3 is 6.09 Å². The number of rotatable bonds is 6. The maximum absolute atomic E-state index is 14.0. The standard InChI is InChI=1S/C27H34N4O9/c1-6-40-26(38)29-10-12-9-15(30(2)3)13-7-11-8-14-19(31(4)5)22(34)18(25(28)37)24(36)27(14,39)23(35)16(11)21(33)17(13)20(12)32/h9,11,14,19,32,34-35,39H,6-8,10H2,1-5H3,(H2,28,37)(H,29,38)/t11-,14-,19-,27-/m1/s1. The molecule has 0 unspecified atom stereocenters. The van der Waals surface area contributed by atoms with E-state index in [1.165, 1.54) is 4.90 Å². The fraction of sp³-hybridized carbons (Fsp3) is 0.481. The van der Waals surface area contributed by atoms with E-state index < -0.39 is 69.9 Å². The lowest BCUT2D eigenvalue weighted by Gasteiger charge is -2.50. The molecule has 4 atom stereocenters. The number of nitrogens with two attached hydrogens (primary N) is 1. The Morgan fingerprint density at radius 3 is 2.38 bits per heavy atom. The number of nitrogens with one attached hydrogen (secondary N) is 1. The number of phenolic OH excluding ortho intramolecular Hbond substituents is 1. The number of Topliss-reactive ketones (excluding diaryl/α,β-unsaturated/α-hetero) is 2. The number of hydrogen-bond donors (Lipinski definition) is 6. The molecule has 0 saturated carbocycles. The molecular formula is C27H34N4O9. The van der Waals surface area contributed by atoms with Crippen molar-refractivity contribution in [2.24, 2.45) is 17.6 Å². The number of ether oxygens (including phenoxy) is 1. The number of aliphatic hydroxyl groups is 3. The minimum Gasteiger partial charge on any atom is -0.510 e. The van der Waals surface area contributed by atoms with Crippen LogP contribution in [0.15, 0.2) is 28.7 Å². The van der Waals surface area contributed by atoms with Crippen molar-refractivity contribution >= 4 is 29.3 Å². The van der Waals surface area contributed by atoms with Crippen LogP contribution in [0.25, 0.3) is 0 Å². The molecule has 0 saturated heterocycles. The van der Waals surface area contributed by atoms with E-state index >= 15 is 0 Å². The summed E-state index contributed by atoms with van der Waals surface area (Å²) in [7, 11) is 6.64. The van der Waals surface area contributed by atoms with Gasteiger partial charge < -0.3 is 41.1 Å². The Kier molecular flexibility index (Phi) is 7.32. The second-order valence-corrected chi connectivity index (χ2v) is 10.7. The van der Waals surface area contributed by atoms with Crippen LogP contribution in [-0.4, -0.2) is 95.3 Å². The topological polar surface area (TPSA) is 203 Å². The van der Waals surface area contributed by atoms with Gasteiger partial charge in [-0.05, 0) is 51.4 Å². The number of carbonyl (C=O) groups is 4. The highest BCUT2D eigenvalue weighted by atomic mass is 16.5. The predicted octanol–water partition coefficient (Wildman–Crippen LogP) is 0.433. The Bertz CT molecular complexity index is 1380. The van der Waals surface area contributed by atoms with E-state index in [0.29, 0.717) is 11.3 Å². The van der Waals surface area contributed by atoms with Crippen molar-refractivity contribution in [3.05, 3.63) is 45.4 Å². The summed E-state index contributed by atoms with van der Waals surface area (Å²) in [6.45, 7) is 1.61. The predicted molar refractivity (Wildman–Crippen MR) is 142 cm³/mol. The second kappa shape index (κ2) is 10.1. The molecule has 1 aromatic carbocycles. The Morgan fingerprint density at radius 1 is 1.18 bits per heavy atom. The monoisotopic (exact) mass is 558 g/mol. The maximum atomic E-state index is 14.0. The van der Waals surface area contributed by atoms with E-state index in [2.05, 4.69) is 5.32 Å². The molecule has 0 heterocycles. The van der Waals surface area contributed by atoms with E-state index in [0.717, 1.165) is 0 Å². The molecule has 4 rings (SSSR count). The number of benzene rings is 1. The third-order valence-electron chi connectivity index (χ3n) is 7.96. The Hall–Kier alpha value is -4.10. The molecule has 3 aliphatic carbocycles. The number of likely N-dealkylation sites (N-methyl/N-ethyl adjacent to an activating group) is 1. The molecule has 216 valence electrons. The number of amides is 2. The largest absolute Gasteiger partial charge is 0.510 e. The lowest BCUT2D eigenvalue weighted by Crippen LogP contribution is -2.63. The van der Waals surface area contributed by atoms with Gasteiger partial charge in [-0.3, -0.25) is 19.3 Å². The molecule has 40 heavy (non-hydrogen) atoms. The van der Waals surface area contributed by atoms with Crippen LogP contribution in [0.3, 0.4) is 0 Å². The van der Waals surface area contributed by atoms with Gasteiger partial charge in [0.2, 0.25) is 5.78 Å². The summed E-state index contributed by atoms with van der Waals surface area (Å²) in [5.74, 6) is -7.17. The van der Waals surface area contributed by atoms with Crippen molar-refractivity contribution in [2.45, 2.75) is 38.0 Å². The molecule has 1 aromatic rings.